The number of likely N-dealkylation sites (tertiary alicyclic amines) is 1. The topological polar surface area (TPSA) is 83.9 Å². The zero-order chi connectivity index (χ0) is 23.7. The normalized spacial score (nSPS) is 26.9. The highest BCUT2D eigenvalue weighted by atomic mass is 19.4. The summed E-state index contributed by atoms with van der Waals surface area (Å²) in [5.41, 5.74) is -0.309. The van der Waals surface area contributed by atoms with Crippen molar-refractivity contribution in [2.75, 3.05) is 11.9 Å². The molecule has 34 heavy (non-hydrogen) atoms. The fraction of sp³-hybridized carbons (Fsp3) is 0.348. The molecule has 3 aliphatic rings. The molecular weight excluding hydrogens is 452 g/mol. The van der Waals surface area contributed by atoms with E-state index in [0.717, 1.165) is 25.2 Å². The Morgan fingerprint density at radius 2 is 1.82 bits per heavy atom. The first kappa shape index (κ1) is 20.9. The fourth-order valence-corrected chi connectivity index (χ4v) is 5.55. The van der Waals surface area contributed by atoms with Crippen LogP contribution in [-0.2, 0) is 6.18 Å². The van der Waals surface area contributed by atoms with E-state index in [1.165, 1.54) is 18.2 Å². The minimum absolute atomic E-state index is 0.00400. The Kier molecular flexibility index (Phi) is 4.42. The van der Waals surface area contributed by atoms with E-state index in [9.17, 15) is 22.4 Å². The molecule has 1 saturated heterocycles. The van der Waals surface area contributed by atoms with E-state index in [0.29, 0.717) is 23.9 Å². The van der Waals surface area contributed by atoms with Crippen molar-refractivity contribution in [3.63, 3.8) is 0 Å². The molecule has 2 aromatic heterocycles. The molecule has 1 N–H and O–H groups in total. The molecule has 0 radical (unpaired) electrons. The molecule has 7 nitrogen and oxygen atoms in total. The van der Waals surface area contributed by atoms with Crippen molar-refractivity contribution in [2.24, 2.45) is 11.3 Å². The van der Waals surface area contributed by atoms with E-state index in [1.807, 2.05) is 0 Å². The summed E-state index contributed by atoms with van der Waals surface area (Å²) in [6, 6.07) is 5.23. The Labute approximate surface area is 191 Å². The van der Waals surface area contributed by atoms with E-state index in [2.05, 4.69) is 25.3 Å². The molecule has 3 aromatic rings. The van der Waals surface area contributed by atoms with Gasteiger partial charge in [-0.25, -0.2) is 24.3 Å². The molecule has 1 amide bonds. The molecule has 1 aromatic carbocycles. The maximum Gasteiger partial charge on any atom is 0.419 e. The van der Waals surface area contributed by atoms with Gasteiger partial charge in [-0.05, 0) is 48.4 Å². The molecule has 4 atom stereocenters. The molecule has 4 unspecified atom stereocenters. The molecule has 6 rings (SSSR count). The lowest BCUT2D eigenvalue weighted by Gasteiger charge is -2.48. The SMILES string of the molecule is O=C(c1cc(F)ccc1-c1ncccn1)N1CC2CC23CC(Nc2ncc(C(F)(F)F)cn2)C13. The van der Waals surface area contributed by atoms with Crippen molar-refractivity contribution in [1.29, 1.82) is 0 Å². The van der Waals surface area contributed by atoms with Crippen LogP contribution in [0.25, 0.3) is 11.4 Å². The number of piperidine rings is 1. The van der Waals surface area contributed by atoms with Crippen LogP contribution in [0, 0.1) is 17.2 Å². The van der Waals surface area contributed by atoms with Crippen molar-refractivity contribution in [3.8, 4) is 11.4 Å². The summed E-state index contributed by atoms with van der Waals surface area (Å²) < 4.78 is 52.5. The van der Waals surface area contributed by atoms with Crippen LogP contribution < -0.4 is 5.32 Å². The standard InChI is InChI=1S/C23H18F4N6O/c24-14-2-3-15(19-28-4-1-5-29-19)16(6-14)20(34)33-11-12-7-22(12)8-17(18(22)33)32-21-30-9-13(10-31-21)23(25,26)27/h1-6,9-10,12,17-18H,7-8,11H2,(H,30,31,32). The second-order valence-corrected chi connectivity index (χ2v) is 9.05. The predicted octanol–water partition coefficient (Wildman–Crippen LogP) is 3.81. The van der Waals surface area contributed by atoms with E-state index >= 15 is 0 Å². The maximum absolute atomic E-state index is 14.1. The molecule has 0 bridgehead atoms. The summed E-state index contributed by atoms with van der Waals surface area (Å²) >= 11 is 0. The molecule has 3 fully saturated rings. The van der Waals surface area contributed by atoms with Crippen LogP contribution in [0.3, 0.4) is 0 Å². The van der Waals surface area contributed by atoms with Gasteiger partial charge in [0.15, 0.2) is 5.82 Å². The zero-order valence-electron chi connectivity index (χ0n) is 17.6. The third kappa shape index (κ3) is 3.21. The molecule has 1 aliphatic heterocycles. The Morgan fingerprint density at radius 1 is 1.09 bits per heavy atom. The number of rotatable bonds is 4. The van der Waals surface area contributed by atoms with Crippen LogP contribution in [0.5, 0.6) is 0 Å². The number of anilines is 1. The van der Waals surface area contributed by atoms with Gasteiger partial charge in [0.1, 0.15) is 5.82 Å². The van der Waals surface area contributed by atoms with Gasteiger partial charge in [-0.1, -0.05) is 0 Å². The van der Waals surface area contributed by atoms with Gasteiger partial charge in [0, 0.05) is 36.9 Å². The van der Waals surface area contributed by atoms with E-state index in [1.54, 1.807) is 23.4 Å². The smallest absolute Gasteiger partial charge is 0.349 e. The summed E-state index contributed by atoms with van der Waals surface area (Å²) in [5, 5.41) is 3.09. The highest BCUT2D eigenvalue weighted by molar-refractivity contribution is 6.01. The van der Waals surface area contributed by atoms with Crippen LogP contribution in [0.4, 0.5) is 23.5 Å². The van der Waals surface area contributed by atoms with Crippen LogP contribution in [-0.4, -0.2) is 49.4 Å². The molecule has 2 saturated carbocycles. The number of hydrogen-bond acceptors (Lipinski definition) is 6. The summed E-state index contributed by atoms with van der Waals surface area (Å²) in [6.45, 7) is 0.543. The van der Waals surface area contributed by atoms with Crippen molar-refractivity contribution in [1.82, 2.24) is 24.8 Å². The van der Waals surface area contributed by atoms with Gasteiger partial charge in [0.2, 0.25) is 5.95 Å². The van der Waals surface area contributed by atoms with Gasteiger partial charge in [0.25, 0.3) is 5.91 Å². The number of carbonyl (C=O) groups is 1. The lowest BCUT2D eigenvalue weighted by molar-refractivity contribution is -0.138. The number of halogens is 4. The molecule has 1 spiro atoms. The monoisotopic (exact) mass is 470 g/mol. The van der Waals surface area contributed by atoms with Crippen molar-refractivity contribution < 1.29 is 22.4 Å². The van der Waals surface area contributed by atoms with Crippen LogP contribution >= 0.6 is 0 Å². The minimum Gasteiger partial charge on any atom is -0.349 e. The Bertz CT molecular complexity index is 1270. The Morgan fingerprint density at radius 3 is 2.53 bits per heavy atom. The van der Waals surface area contributed by atoms with Gasteiger partial charge >= 0.3 is 6.18 Å². The summed E-state index contributed by atoms with van der Waals surface area (Å²) in [6.07, 6.45) is 1.83. The summed E-state index contributed by atoms with van der Waals surface area (Å²) in [4.78, 5) is 31.4. The highest BCUT2D eigenvalue weighted by Crippen LogP contribution is 2.71. The average molecular weight is 470 g/mol. The van der Waals surface area contributed by atoms with E-state index < -0.39 is 17.6 Å². The number of aromatic nitrogens is 4. The molecule has 11 heteroatoms. The minimum atomic E-state index is -4.51. The third-order valence-electron chi connectivity index (χ3n) is 7.18. The first-order valence-electron chi connectivity index (χ1n) is 10.8. The number of nitrogens with one attached hydrogen (secondary N) is 1. The number of hydrogen-bond donors (Lipinski definition) is 1. The lowest BCUT2D eigenvalue weighted by Crippen LogP contribution is -2.60. The molecule has 2 aliphatic carbocycles. The maximum atomic E-state index is 14.1. The second-order valence-electron chi connectivity index (χ2n) is 9.05. The number of benzene rings is 1. The zero-order valence-corrected chi connectivity index (χ0v) is 17.6. The van der Waals surface area contributed by atoms with Gasteiger partial charge in [-0.3, -0.25) is 4.79 Å². The Balaban J connectivity index is 1.26. The number of carbonyl (C=O) groups excluding carboxylic acids is 1. The Hall–Kier alpha value is -3.63. The van der Waals surface area contributed by atoms with Gasteiger partial charge in [-0.2, -0.15) is 13.2 Å². The van der Waals surface area contributed by atoms with E-state index in [-0.39, 0.29) is 34.9 Å². The lowest BCUT2D eigenvalue weighted by atomic mass is 9.71. The fourth-order valence-electron chi connectivity index (χ4n) is 5.55. The average Bonchev–Trinajstić information content (AvgIpc) is 3.47. The van der Waals surface area contributed by atoms with E-state index in [4.69, 9.17) is 0 Å². The first-order valence-corrected chi connectivity index (χ1v) is 10.8. The number of nitrogens with zero attached hydrogens (tertiary/aromatic N) is 5. The van der Waals surface area contributed by atoms with Gasteiger partial charge in [-0.15, -0.1) is 0 Å². The number of alkyl halides is 3. The van der Waals surface area contributed by atoms with Gasteiger partial charge in [0.05, 0.1) is 23.2 Å². The van der Waals surface area contributed by atoms with Gasteiger partial charge < -0.3 is 10.2 Å². The van der Waals surface area contributed by atoms with Crippen molar-refractivity contribution in [2.45, 2.75) is 31.1 Å². The van der Waals surface area contributed by atoms with Crippen LogP contribution in [0.2, 0.25) is 0 Å². The van der Waals surface area contributed by atoms with Crippen LogP contribution in [0.15, 0.2) is 49.1 Å². The summed E-state index contributed by atoms with van der Waals surface area (Å²) in [7, 11) is 0. The predicted molar refractivity (Wildman–Crippen MR) is 112 cm³/mol. The summed E-state index contributed by atoms with van der Waals surface area (Å²) in [5.74, 6) is -0.0975. The van der Waals surface area contributed by atoms with Crippen molar-refractivity contribution >= 4 is 11.9 Å². The largest absolute Gasteiger partial charge is 0.419 e. The van der Waals surface area contributed by atoms with Crippen LogP contribution in [0.1, 0.15) is 28.8 Å². The quantitative estimate of drug-likeness (QED) is 0.584. The first-order chi connectivity index (χ1) is 16.3. The molecule has 3 heterocycles. The third-order valence-corrected chi connectivity index (χ3v) is 7.18. The molecule has 174 valence electrons. The highest BCUT2D eigenvalue weighted by Gasteiger charge is 2.75. The molecular formula is C23H18F4N6O. The number of amides is 1. The second kappa shape index (κ2) is 7.18. The van der Waals surface area contributed by atoms with Crippen molar-refractivity contribution in [3.05, 3.63) is 66.0 Å².